The number of aromatic nitrogens is 5. The molecule has 1 aromatic carbocycles. The molecule has 0 aliphatic rings. The minimum atomic E-state index is -0.571. The number of rotatable bonds is 5. The van der Waals surface area contributed by atoms with Crippen LogP contribution in [0.1, 0.15) is 24.1 Å². The molecular formula is C20H18ClFN6O. The molecule has 2 N–H and O–H groups in total. The SMILES string of the molecule is COc1c(C(C)Nc2ncnc3[nH]cnc23)cc(Cl)c(C)c1-c1ccnc(F)c1. The van der Waals surface area contributed by atoms with Crippen LogP contribution in [0.15, 0.2) is 37.1 Å². The predicted octanol–water partition coefficient (Wildman–Crippen LogP) is 4.70. The summed E-state index contributed by atoms with van der Waals surface area (Å²) in [4.78, 5) is 19.3. The number of methoxy groups -OCH3 is 1. The summed E-state index contributed by atoms with van der Waals surface area (Å²) in [6.07, 6.45) is 4.44. The number of nitrogens with zero attached hydrogens (tertiary/aromatic N) is 4. The second kappa shape index (κ2) is 7.63. The molecule has 4 rings (SSSR count). The number of H-pyrrole nitrogens is 1. The molecule has 148 valence electrons. The van der Waals surface area contributed by atoms with Gasteiger partial charge >= 0.3 is 0 Å². The normalized spacial score (nSPS) is 12.2. The second-order valence-electron chi connectivity index (χ2n) is 6.54. The fraction of sp³-hybridized carbons (Fsp3) is 0.200. The van der Waals surface area contributed by atoms with E-state index in [0.29, 0.717) is 33.3 Å². The van der Waals surface area contributed by atoms with Gasteiger partial charge in [-0.3, -0.25) is 0 Å². The Labute approximate surface area is 171 Å². The Hall–Kier alpha value is -3.26. The minimum absolute atomic E-state index is 0.233. The first kappa shape index (κ1) is 19.1. The third-order valence-electron chi connectivity index (χ3n) is 4.76. The molecule has 0 fully saturated rings. The Morgan fingerprint density at radius 3 is 2.79 bits per heavy atom. The van der Waals surface area contributed by atoms with Crippen molar-refractivity contribution in [1.82, 2.24) is 24.9 Å². The highest BCUT2D eigenvalue weighted by atomic mass is 35.5. The molecule has 1 atom stereocenters. The molecule has 0 bridgehead atoms. The van der Waals surface area contributed by atoms with Gasteiger partial charge in [-0.1, -0.05) is 11.6 Å². The highest BCUT2D eigenvalue weighted by molar-refractivity contribution is 6.32. The fourth-order valence-corrected chi connectivity index (χ4v) is 3.56. The van der Waals surface area contributed by atoms with E-state index in [1.807, 2.05) is 19.9 Å². The van der Waals surface area contributed by atoms with E-state index in [1.54, 1.807) is 19.5 Å². The topological polar surface area (TPSA) is 88.6 Å². The van der Waals surface area contributed by atoms with Crippen molar-refractivity contribution in [2.75, 3.05) is 12.4 Å². The van der Waals surface area contributed by atoms with E-state index in [9.17, 15) is 4.39 Å². The van der Waals surface area contributed by atoms with Crippen LogP contribution in [-0.2, 0) is 0 Å². The number of imidazole rings is 1. The van der Waals surface area contributed by atoms with Gasteiger partial charge in [-0.15, -0.1) is 0 Å². The number of hydrogen-bond acceptors (Lipinski definition) is 6. The predicted molar refractivity (Wildman–Crippen MR) is 110 cm³/mol. The largest absolute Gasteiger partial charge is 0.496 e. The Bertz CT molecular complexity index is 1200. The summed E-state index contributed by atoms with van der Waals surface area (Å²) in [6.45, 7) is 3.83. The summed E-state index contributed by atoms with van der Waals surface area (Å²) in [5, 5.41) is 3.89. The monoisotopic (exact) mass is 412 g/mol. The Kier molecular flexibility index (Phi) is 5.02. The number of ether oxygens (including phenoxy) is 1. The second-order valence-corrected chi connectivity index (χ2v) is 6.94. The summed E-state index contributed by atoms with van der Waals surface area (Å²) < 4.78 is 19.5. The summed E-state index contributed by atoms with van der Waals surface area (Å²) in [6, 6.07) is 4.70. The van der Waals surface area contributed by atoms with Crippen molar-refractivity contribution in [3.05, 3.63) is 59.1 Å². The molecule has 29 heavy (non-hydrogen) atoms. The van der Waals surface area contributed by atoms with E-state index < -0.39 is 5.95 Å². The van der Waals surface area contributed by atoms with Crippen LogP contribution >= 0.6 is 11.6 Å². The number of halogens is 2. The van der Waals surface area contributed by atoms with E-state index >= 15 is 0 Å². The van der Waals surface area contributed by atoms with Crippen LogP contribution in [0.4, 0.5) is 10.2 Å². The molecule has 1 unspecified atom stereocenters. The van der Waals surface area contributed by atoms with Crippen LogP contribution in [0, 0.1) is 12.9 Å². The van der Waals surface area contributed by atoms with E-state index in [-0.39, 0.29) is 6.04 Å². The minimum Gasteiger partial charge on any atom is -0.496 e. The first-order valence-corrected chi connectivity index (χ1v) is 9.27. The number of hydrogen-bond donors (Lipinski definition) is 2. The first-order valence-electron chi connectivity index (χ1n) is 8.89. The zero-order valence-electron chi connectivity index (χ0n) is 16.0. The van der Waals surface area contributed by atoms with Gasteiger partial charge in [0.25, 0.3) is 0 Å². The molecule has 0 aliphatic heterocycles. The van der Waals surface area contributed by atoms with Crippen LogP contribution in [0.25, 0.3) is 22.3 Å². The van der Waals surface area contributed by atoms with Crippen molar-refractivity contribution in [1.29, 1.82) is 0 Å². The van der Waals surface area contributed by atoms with Gasteiger partial charge in [-0.05, 0) is 37.1 Å². The quantitative estimate of drug-likeness (QED) is 0.462. The van der Waals surface area contributed by atoms with Gasteiger partial charge in [0, 0.05) is 28.4 Å². The molecule has 0 saturated carbocycles. The zero-order valence-corrected chi connectivity index (χ0v) is 16.8. The zero-order chi connectivity index (χ0) is 20.5. The first-order chi connectivity index (χ1) is 14.0. The van der Waals surface area contributed by atoms with Crippen LogP contribution in [0.2, 0.25) is 5.02 Å². The lowest BCUT2D eigenvalue weighted by Gasteiger charge is -2.22. The van der Waals surface area contributed by atoms with Crippen LogP contribution in [0.5, 0.6) is 5.75 Å². The summed E-state index contributed by atoms with van der Waals surface area (Å²) in [5.74, 6) is 0.613. The van der Waals surface area contributed by atoms with Crippen molar-refractivity contribution >= 4 is 28.6 Å². The van der Waals surface area contributed by atoms with E-state index in [0.717, 1.165) is 16.7 Å². The van der Waals surface area contributed by atoms with Crippen molar-refractivity contribution in [3.8, 4) is 16.9 Å². The van der Waals surface area contributed by atoms with Gasteiger partial charge in [-0.2, -0.15) is 4.39 Å². The molecule has 3 heterocycles. The maximum Gasteiger partial charge on any atom is 0.213 e. The average molecular weight is 413 g/mol. The Morgan fingerprint density at radius 1 is 1.21 bits per heavy atom. The number of benzene rings is 1. The highest BCUT2D eigenvalue weighted by Gasteiger charge is 2.22. The number of aromatic amines is 1. The van der Waals surface area contributed by atoms with Gasteiger partial charge in [0.2, 0.25) is 5.95 Å². The summed E-state index contributed by atoms with van der Waals surface area (Å²) in [7, 11) is 1.58. The summed E-state index contributed by atoms with van der Waals surface area (Å²) >= 11 is 6.53. The maximum atomic E-state index is 13.8. The van der Waals surface area contributed by atoms with E-state index in [2.05, 4.69) is 30.2 Å². The highest BCUT2D eigenvalue weighted by Crippen LogP contribution is 2.42. The van der Waals surface area contributed by atoms with Crippen LogP contribution < -0.4 is 10.1 Å². The van der Waals surface area contributed by atoms with E-state index in [1.165, 1.54) is 18.6 Å². The number of nitrogens with one attached hydrogen (secondary N) is 2. The Morgan fingerprint density at radius 2 is 2.03 bits per heavy atom. The lowest BCUT2D eigenvalue weighted by atomic mass is 9.94. The number of anilines is 1. The molecular weight excluding hydrogens is 395 g/mol. The molecule has 3 aromatic heterocycles. The molecule has 0 amide bonds. The number of pyridine rings is 1. The smallest absolute Gasteiger partial charge is 0.213 e. The molecule has 9 heteroatoms. The van der Waals surface area contributed by atoms with Crippen molar-refractivity contribution < 1.29 is 9.13 Å². The van der Waals surface area contributed by atoms with Crippen LogP contribution in [-0.4, -0.2) is 32.0 Å². The average Bonchev–Trinajstić information content (AvgIpc) is 3.19. The van der Waals surface area contributed by atoms with Gasteiger partial charge in [0.05, 0.1) is 19.5 Å². The maximum absolute atomic E-state index is 13.8. The van der Waals surface area contributed by atoms with E-state index in [4.69, 9.17) is 16.3 Å². The van der Waals surface area contributed by atoms with Crippen LogP contribution in [0.3, 0.4) is 0 Å². The van der Waals surface area contributed by atoms with Crippen molar-refractivity contribution in [2.24, 2.45) is 0 Å². The standard InChI is InChI=1S/C20H18ClFN6O/c1-10-14(21)7-13(18(29-3)16(10)12-4-5-23-15(22)6-12)11(2)28-20-17-19(25-8-24-17)26-9-27-20/h4-9,11H,1-3H3,(H2,24,25,26,27,28). The molecule has 0 aliphatic carbocycles. The molecule has 4 aromatic rings. The van der Waals surface area contributed by atoms with Crippen molar-refractivity contribution in [2.45, 2.75) is 19.9 Å². The van der Waals surface area contributed by atoms with Gasteiger partial charge < -0.3 is 15.0 Å². The molecule has 7 nitrogen and oxygen atoms in total. The van der Waals surface area contributed by atoms with Gasteiger partial charge in [-0.25, -0.2) is 19.9 Å². The van der Waals surface area contributed by atoms with Gasteiger partial charge in [0.1, 0.15) is 17.6 Å². The lowest BCUT2D eigenvalue weighted by molar-refractivity contribution is 0.409. The third kappa shape index (κ3) is 3.47. The van der Waals surface area contributed by atoms with Gasteiger partial charge in [0.15, 0.2) is 11.5 Å². The molecule has 0 saturated heterocycles. The Balaban J connectivity index is 1.82. The van der Waals surface area contributed by atoms with Crippen molar-refractivity contribution in [3.63, 3.8) is 0 Å². The molecule has 0 spiro atoms. The summed E-state index contributed by atoms with van der Waals surface area (Å²) in [5.41, 5.74) is 4.22. The fourth-order valence-electron chi connectivity index (χ4n) is 3.34. The third-order valence-corrected chi connectivity index (χ3v) is 5.15. The lowest BCUT2D eigenvalue weighted by Crippen LogP contribution is -2.11. The number of fused-ring (bicyclic) bond motifs is 1. The molecule has 0 radical (unpaired) electrons.